The number of ether oxygens (including phenoxy) is 2. The molecule has 8 heteroatoms. The number of carbonyl (C=O) groups is 2. The third-order valence-electron chi connectivity index (χ3n) is 4.86. The van der Waals surface area contributed by atoms with Crippen LogP contribution in [0.2, 0.25) is 0 Å². The highest BCUT2D eigenvalue weighted by Crippen LogP contribution is 2.56. The molecule has 2 aliphatic heterocycles. The van der Waals surface area contributed by atoms with Gasteiger partial charge in [0, 0.05) is 28.8 Å². The maximum Gasteiger partial charge on any atom is 0.340 e. The number of carboxylic acids is 1. The number of nitrogens with two attached hydrogens (primary N) is 1. The summed E-state index contributed by atoms with van der Waals surface area (Å²) in [5.74, 6) is -0.559. The number of aliphatic carboxylic acids is 1. The summed E-state index contributed by atoms with van der Waals surface area (Å²) >= 11 is 0. The summed E-state index contributed by atoms with van der Waals surface area (Å²) in [6.07, 6.45) is 0. The number of fused-ring (bicyclic) bond motifs is 6. The van der Waals surface area contributed by atoms with E-state index in [0.29, 0.717) is 33.8 Å². The lowest BCUT2D eigenvalue weighted by Crippen LogP contribution is -2.32. The molecule has 8 nitrogen and oxygen atoms in total. The van der Waals surface area contributed by atoms with E-state index in [1.807, 2.05) is 12.1 Å². The van der Waals surface area contributed by atoms with Crippen molar-refractivity contribution < 1.29 is 34.4 Å². The summed E-state index contributed by atoms with van der Waals surface area (Å²) in [4.78, 5) is 21.8. The standard InChI is InChI=1S/C20H12O5.C2H5NO2/c21-11-5-7-15-17(9-11)24-18-10-12(22)6-8-16(18)20(15)14-4-2-1-3-13(14)19(23)25-20;3-1-2(4)5/h1-10,21-22H;1,3H2,(H,4,5). The molecule has 5 N–H and O–H groups in total. The van der Waals surface area contributed by atoms with Crippen LogP contribution in [-0.4, -0.2) is 33.8 Å². The van der Waals surface area contributed by atoms with Gasteiger partial charge in [-0.15, -0.1) is 0 Å². The van der Waals surface area contributed by atoms with Crippen molar-refractivity contribution in [1.29, 1.82) is 0 Å². The molecule has 3 aromatic rings. The van der Waals surface area contributed by atoms with Gasteiger partial charge in [0.25, 0.3) is 0 Å². The van der Waals surface area contributed by atoms with Gasteiger partial charge in [0.2, 0.25) is 0 Å². The van der Waals surface area contributed by atoms with Crippen LogP contribution in [0.3, 0.4) is 0 Å². The summed E-state index contributed by atoms with van der Waals surface area (Å²) in [5.41, 5.74) is 5.86. The van der Waals surface area contributed by atoms with E-state index in [2.05, 4.69) is 5.73 Å². The van der Waals surface area contributed by atoms with Gasteiger partial charge in [-0.1, -0.05) is 18.2 Å². The quantitative estimate of drug-likeness (QED) is 0.452. The Balaban J connectivity index is 0.000000393. The van der Waals surface area contributed by atoms with Crippen molar-refractivity contribution in [3.63, 3.8) is 0 Å². The van der Waals surface area contributed by atoms with Crippen LogP contribution in [0, 0.1) is 0 Å². The second kappa shape index (κ2) is 7.09. The van der Waals surface area contributed by atoms with Crippen LogP contribution in [0.4, 0.5) is 0 Å². The normalized spacial score (nSPS) is 14.4. The Kier molecular flexibility index (Phi) is 4.56. The van der Waals surface area contributed by atoms with Gasteiger partial charge in [-0.3, -0.25) is 4.79 Å². The Morgan fingerprint density at radius 2 is 1.43 bits per heavy atom. The van der Waals surface area contributed by atoms with E-state index in [1.165, 1.54) is 24.3 Å². The Labute approximate surface area is 170 Å². The number of rotatable bonds is 1. The number of carboxylic acid groups (broad SMARTS) is 1. The minimum absolute atomic E-state index is 0.0371. The van der Waals surface area contributed by atoms with Gasteiger partial charge >= 0.3 is 11.9 Å². The number of esters is 1. The number of benzene rings is 3. The summed E-state index contributed by atoms with van der Waals surface area (Å²) in [7, 11) is 0. The van der Waals surface area contributed by atoms with Crippen molar-refractivity contribution in [2.45, 2.75) is 5.60 Å². The molecule has 0 unspecified atom stereocenters. The average molecular weight is 407 g/mol. The van der Waals surface area contributed by atoms with Crippen molar-refractivity contribution in [2.24, 2.45) is 5.73 Å². The van der Waals surface area contributed by atoms with E-state index in [1.54, 1.807) is 24.3 Å². The van der Waals surface area contributed by atoms with Crippen LogP contribution in [0.5, 0.6) is 23.0 Å². The molecule has 152 valence electrons. The van der Waals surface area contributed by atoms with E-state index < -0.39 is 17.5 Å². The largest absolute Gasteiger partial charge is 0.508 e. The highest BCUT2D eigenvalue weighted by Gasteiger charge is 2.53. The van der Waals surface area contributed by atoms with Crippen molar-refractivity contribution in [3.05, 3.63) is 82.9 Å². The smallest absolute Gasteiger partial charge is 0.340 e. The number of hydrogen-bond donors (Lipinski definition) is 4. The van der Waals surface area contributed by atoms with Gasteiger partial charge < -0.3 is 30.5 Å². The van der Waals surface area contributed by atoms with Gasteiger partial charge in [0.15, 0.2) is 5.60 Å². The zero-order valence-electron chi connectivity index (χ0n) is 15.5. The highest BCUT2D eigenvalue weighted by atomic mass is 16.6. The maximum absolute atomic E-state index is 12.5. The zero-order chi connectivity index (χ0) is 21.5. The molecular weight excluding hydrogens is 390 g/mol. The molecule has 5 rings (SSSR count). The lowest BCUT2D eigenvalue weighted by Gasteiger charge is -2.36. The Hall–Kier alpha value is -4.04. The van der Waals surface area contributed by atoms with Gasteiger partial charge in [-0.25, -0.2) is 4.79 Å². The molecule has 0 radical (unpaired) electrons. The number of phenols is 2. The first kappa shape index (κ1) is 19.3. The van der Waals surface area contributed by atoms with Crippen molar-refractivity contribution in [3.8, 4) is 23.0 Å². The summed E-state index contributed by atoms with van der Waals surface area (Å²) in [5, 5.41) is 27.3. The molecule has 1 spiro atoms. The van der Waals surface area contributed by atoms with E-state index in [9.17, 15) is 19.8 Å². The predicted molar refractivity (Wildman–Crippen MR) is 105 cm³/mol. The molecule has 0 saturated heterocycles. The molecule has 0 amide bonds. The van der Waals surface area contributed by atoms with Crippen LogP contribution < -0.4 is 10.5 Å². The van der Waals surface area contributed by atoms with Crippen LogP contribution in [0.15, 0.2) is 60.7 Å². The third kappa shape index (κ3) is 2.90. The summed E-state index contributed by atoms with van der Waals surface area (Å²) < 4.78 is 11.8. The van der Waals surface area contributed by atoms with Gasteiger partial charge in [0.1, 0.15) is 23.0 Å². The Morgan fingerprint density at radius 3 is 1.97 bits per heavy atom. The van der Waals surface area contributed by atoms with Crippen molar-refractivity contribution in [1.82, 2.24) is 0 Å². The van der Waals surface area contributed by atoms with Crippen molar-refractivity contribution in [2.75, 3.05) is 6.54 Å². The van der Waals surface area contributed by atoms with Gasteiger partial charge in [0.05, 0.1) is 12.1 Å². The second-order valence-electron chi connectivity index (χ2n) is 6.68. The molecule has 0 atom stereocenters. The van der Waals surface area contributed by atoms with E-state index in [4.69, 9.17) is 14.6 Å². The maximum atomic E-state index is 12.5. The molecular formula is C22H17NO7. The molecule has 30 heavy (non-hydrogen) atoms. The number of aromatic hydroxyl groups is 2. The first-order valence-electron chi connectivity index (χ1n) is 8.96. The van der Waals surface area contributed by atoms with Crippen LogP contribution in [0.1, 0.15) is 27.0 Å². The van der Waals surface area contributed by atoms with E-state index in [0.717, 1.165) is 0 Å². The SMILES string of the molecule is NCC(=O)O.O=C1OC2(c3ccc(O)cc3Oc3cc(O)ccc32)c2ccccc21. The fraction of sp³-hybridized carbons (Fsp3) is 0.0909. The fourth-order valence-corrected chi connectivity index (χ4v) is 3.65. The second-order valence-corrected chi connectivity index (χ2v) is 6.68. The molecule has 0 aromatic heterocycles. The van der Waals surface area contributed by atoms with Crippen molar-refractivity contribution >= 4 is 11.9 Å². The number of carbonyl (C=O) groups excluding carboxylic acids is 1. The molecule has 0 bridgehead atoms. The minimum Gasteiger partial charge on any atom is -0.508 e. The monoisotopic (exact) mass is 407 g/mol. The highest BCUT2D eigenvalue weighted by molar-refractivity contribution is 5.97. The molecule has 0 saturated carbocycles. The predicted octanol–water partition coefficient (Wildman–Crippen LogP) is 2.70. The minimum atomic E-state index is -1.17. The average Bonchev–Trinajstić information content (AvgIpc) is 3.01. The van der Waals surface area contributed by atoms with Crippen LogP contribution in [0.25, 0.3) is 0 Å². The number of phenolic OH excluding ortho intramolecular Hbond substituents is 2. The molecule has 0 fully saturated rings. The lowest BCUT2D eigenvalue weighted by molar-refractivity contribution is -0.135. The third-order valence-corrected chi connectivity index (χ3v) is 4.86. The topological polar surface area (TPSA) is 139 Å². The van der Waals surface area contributed by atoms with Crippen LogP contribution >= 0.6 is 0 Å². The van der Waals surface area contributed by atoms with Crippen LogP contribution in [-0.2, 0) is 15.1 Å². The zero-order valence-corrected chi connectivity index (χ0v) is 15.5. The van der Waals surface area contributed by atoms with Gasteiger partial charge in [-0.05, 0) is 30.3 Å². The molecule has 2 heterocycles. The number of hydrogen-bond acceptors (Lipinski definition) is 7. The first-order chi connectivity index (χ1) is 14.4. The molecule has 0 aliphatic carbocycles. The lowest BCUT2D eigenvalue weighted by atomic mass is 9.77. The van der Waals surface area contributed by atoms with E-state index in [-0.39, 0.29) is 18.0 Å². The first-order valence-corrected chi connectivity index (χ1v) is 8.96. The molecule has 2 aliphatic rings. The Bertz CT molecular complexity index is 1120. The fourth-order valence-electron chi connectivity index (χ4n) is 3.65. The Morgan fingerprint density at radius 1 is 0.900 bits per heavy atom. The van der Waals surface area contributed by atoms with Gasteiger partial charge in [-0.2, -0.15) is 0 Å². The summed E-state index contributed by atoms with van der Waals surface area (Å²) in [6.45, 7) is -0.278. The molecule has 3 aromatic carbocycles. The summed E-state index contributed by atoms with van der Waals surface area (Å²) in [6, 6.07) is 16.6. The van der Waals surface area contributed by atoms with E-state index >= 15 is 0 Å².